The second kappa shape index (κ2) is 9.80. The van der Waals surface area contributed by atoms with E-state index in [0.29, 0.717) is 32.1 Å². The van der Waals surface area contributed by atoms with Crippen molar-refractivity contribution in [2.45, 2.75) is 18.4 Å². The first-order valence-electron chi connectivity index (χ1n) is 8.82. The van der Waals surface area contributed by atoms with E-state index in [0.717, 1.165) is 16.8 Å². The highest BCUT2D eigenvalue weighted by Crippen LogP contribution is 2.27. The van der Waals surface area contributed by atoms with Gasteiger partial charge in [-0.05, 0) is 48.9 Å². The largest absolute Gasteiger partial charge is 0.326 e. The molecule has 0 radical (unpaired) electrons. The van der Waals surface area contributed by atoms with E-state index in [4.69, 9.17) is 23.2 Å². The van der Waals surface area contributed by atoms with Gasteiger partial charge in [0.1, 0.15) is 11.1 Å². The molecule has 3 aromatic rings. The molecule has 3 rings (SSSR count). The number of benzene rings is 2. The van der Waals surface area contributed by atoms with Crippen LogP contribution in [0.2, 0.25) is 10.0 Å². The smallest absolute Gasteiger partial charge is 0.225 e. The molecule has 0 atom stereocenters. The van der Waals surface area contributed by atoms with Crippen molar-refractivity contribution in [3.05, 3.63) is 75.8 Å². The standard InChI is InChI=1S/C22H17Cl2N3OS/c1-14-2-6-18(24)12-20(14)26-21(28)10-11-29-22-16(13-25)5-9-19(27-22)15-3-7-17(23)8-4-15/h2-9,12H,10-11H2,1H3,(H,26,28). The maximum Gasteiger partial charge on any atom is 0.225 e. The van der Waals surface area contributed by atoms with Gasteiger partial charge in [-0.15, -0.1) is 11.8 Å². The molecule has 0 spiro atoms. The van der Waals surface area contributed by atoms with E-state index in [1.54, 1.807) is 36.4 Å². The number of nitrogens with zero attached hydrogens (tertiary/aromatic N) is 2. The Morgan fingerprint density at radius 1 is 1.10 bits per heavy atom. The van der Waals surface area contributed by atoms with E-state index >= 15 is 0 Å². The Hall–Kier alpha value is -2.52. The molecule has 1 heterocycles. The molecule has 0 bridgehead atoms. The number of hydrogen-bond donors (Lipinski definition) is 1. The Morgan fingerprint density at radius 2 is 1.83 bits per heavy atom. The quantitative estimate of drug-likeness (QED) is 0.452. The molecule has 0 aliphatic heterocycles. The van der Waals surface area contributed by atoms with E-state index in [1.165, 1.54) is 11.8 Å². The molecular formula is C22H17Cl2N3OS. The van der Waals surface area contributed by atoms with Gasteiger partial charge in [-0.1, -0.05) is 41.4 Å². The van der Waals surface area contributed by atoms with E-state index < -0.39 is 0 Å². The van der Waals surface area contributed by atoms with Gasteiger partial charge in [-0.3, -0.25) is 4.79 Å². The number of pyridine rings is 1. The van der Waals surface area contributed by atoms with Gasteiger partial charge < -0.3 is 5.32 Å². The van der Waals surface area contributed by atoms with Crippen LogP contribution in [0.1, 0.15) is 17.5 Å². The summed E-state index contributed by atoms with van der Waals surface area (Å²) in [6.07, 6.45) is 0.286. The van der Waals surface area contributed by atoms with Gasteiger partial charge in [0.05, 0.1) is 11.3 Å². The summed E-state index contributed by atoms with van der Waals surface area (Å²) in [5.41, 5.74) is 3.79. The Morgan fingerprint density at radius 3 is 2.55 bits per heavy atom. The van der Waals surface area contributed by atoms with E-state index in [2.05, 4.69) is 16.4 Å². The number of carbonyl (C=O) groups excluding carboxylic acids is 1. The average Bonchev–Trinajstić information content (AvgIpc) is 2.71. The van der Waals surface area contributed by atoms with Crippen LogP contribution in [0.3, 0.4) is 0 Å². The van der Waals surface area contributed by atoms with Crippen LogP contribution < -0.4 is 5.32 Å². The van der Waals surface area contributed by atoms with Crippen molar-refractivity contribution in [3.63, 3.8) is 0 Å². The fraction of sp³-hybridized carbons (Fsp3) is 0.136. The maximum absolute atomic E-state index is 12.3. The van der Waals surface area contributed by atoms with Crippen molar-refractivity contribution < 1.29 is 4.79 Å². The number of rotatable bonds is 6. The SMILES string of the molecule is Cc1ccc(Cl)cc1NC(=O)CCSc1nc(-c2ccc(Cl)cc2)ccc1C#N. The zero-order valence-corrected chi connectivity index (χ0v) is 17.9. The number of halogens is 2. The minimum atomic E-state index is -0.116. The molecule has 146 valence electrons. The summed E-state index contributed by atoms with van der Waals surface area (Å²) in [5.74, 6) is 0.382. The predicted octanol–water partition coefficient (Wildman–Crippen LogP) is 6.36. The Labute approximate surface area is 183 Å². The van der Waals surface area contributed by atoms with E-state index in [-0.39, 0.29) is 12.3 Å². The average molecular weight is 442 g/mol. The predicted molar refractivity (Wildman–Crippen MR) is 120 cm³/mol. The van der Waals surface area contributed by atoms with Crippen molar-refractivity contribution >= 4 is 46.6 Å². The molecule has 0 saturated heterocycles. The van der Waals surface area contributed by atoms with Gasteiger partial charge in [0.15, 0.2) is 0 Å². The normalized spacial score (nSPS) is 10.4. The first kappa shape index (κ1) is 21.2. The summed E-state index contributed by atoms with van der Waals surface area (Å²) in [4.78, 5) is 16.9. The zero-order valence-electron chi connectivity index (χ0n) is 15.6. The van der Waals surface area contributed by atoms with Crippen molar-refractivity contribution in [2.75, 3.05) is 11.1 Å². The molecule has 29 heavy (non-hydrogen) atoms. The number of carbonyl (C=O) groups is 1. The Kier molecular flexibility index (Phi) is 7.16. The van der Waals surface area contributed by atoms with Crippen molar-refractivity contribution in [1.82, 2.24) is 4.98 Å². The molecule has 2 aromatic carbocycles. The minimum absolute atomic E-state index is 0.116. The topological polar surface area (TPSA) is 65.8 Å². The maximum atomic E-state index is 12.3. The minimum Gasteiger partial charge on any atom is -0.326 e. The first-order valence-corrected chi connectivity index (χ1v) is 10.6. The molecule has 7 heteroatoms. The van der Waals surface area contributed by atoms with Crippen LogP contribution in [0.15, 0.2) is 59.6 Å². The monoisotopic (exact) mass is 441 g/mol. The van der Waals surface area contributed by atoms with Crippen LogP contribution in [0.5, 0.6) is 0 Å². The van der Waals surface area contributed by atoms with Crippen molar-refractivity contribution in [1.29, 1.82) is 5.26 Å². The third-order valence-electron chi connectivity index (χ3n) is 4.16. The van der Waals surface area contributed by atoms with Crippen LogP contribution in [0.4, 0.5) is 5.69 Å². The third-order valence-corrected chi connectivity index (χ3v) is 5.64. The molecule has 0 aliphatic rings. The Bertz CT molecular complexity index is 1080. The molecule has 1 amide bonds. The van der Waals surface area contributed by atoms with E-state index in [1.807, 2.05) is 25.1 Å². The lowest BCUT2D eigenvalue weighted by Gasteiger charge is -2.09. The van der Waals surface area contributed by atoms with Crippen molar-refractivity contribution in [2.24, 2.45) is 0 Å². The summed E-state index contributed by atoms with van der Waals surface area (Å²) < 4.78 is 0. The summed E-state index contributed by atoms with van der Waals surface area (Å²) in [7, 11) is 0. The zero-order chi connectivity index (χ0) is 20.8. The van der Waals surface area contributed by atoms with Crippen LogP contribution in [0, 0.1) is 18.3 Å². The summed E-state index contributed by atoms with van der Waals surface area (Å²) in [6, 6.07) is 18.4. The molecule has 0 aliphatic carbocycles. The molecule has 0 fully saturated rings. The van der Waals surface area contributed by atoms with Crippen molar-refractivity contribution in [3.8, 4) is 17.3 Å². The van der Waals surface area contributed by atoms with Gasteiger partial charge in [-0.2, -0.15) is 5.26 Å². The lowest BCUT2D eigenvalue weighted by atomic mass is 10.1. The lowest BCUT2D eigenvalue weighted by Crippen LogP contribution is -2.13. The third kappa shape index (κ3) is 5.74. The Balaban J connectivity index is 1.65. The highest BCUT2D eigenvalue weighted by atomic mass is 35.5. The molecule has 0 unspecified atom stereocenters. The summed E-state index contributed by atoms with van der Waals surface area (Å²) in [5, 5.41) is 14.1. The van der Waals surface area contributed by atoms with Crippen LogP contribution in [-0.4, -0.2) is 16.6 Å². The summed E-state index contributed by atoms with van der Waals surface area (Å²) >= 11 is 13.3. The lowest BCUT2D eigenvalue weighted by molar-refractivity contribution is -0.115. The fourth-order valence-corrected chi connectivity index (χ4v) is 3.81. The van der Waals surface area contributed by atoms with Gasteiger partial charge in [0.2, 0.25) is 5.91 Å². The van der Waals surface area contributed by atoms with Crippen LogP contribution in [0.25, 0.3) is 11.3 Å². The summed E-state index contributed by atoms with van der Waals surface area (Å²) in [6.45, 7) is 1.91. The number of aromatic nitrogens is 1. The molecule has 1 N–H and O–H groups in total. The van der Waals surface area contributed by atoms with Gasteiger partial charge in [0, 0.05) is 33.5 Å². The van der Waals surface area contributed by atoms with Gasteiger partial charge in [-0.25, -0.2) is 4.98 Å². The second-order valence-electron chi connectivity index (χ2n) is 6.27. The fourth-order valence-electron chi connectivity index (χ4n) is 2.60. The first-order chi connectivity index (χ1) is 14.0. The number of thioether (sulfide) groups is 1. The number of anilines is 1. The molecular weight excluding hydrogens is 425 g/mol. The number of nitrogens with one attached hydrogen (secondary N) is 1. The number of nitriles is 1. The molecule has 0 saturated carbocycles. The second-order valence-corrected chi connectivity index (χ2v) is 8.23. The number of aryl methyl sites for hydroxylation is 1. The van der Waals surface area contributed by atoms with Gasteiger partial charge in [0.25, 0.3) is 0 Å². The van der Waals surface area contributed by atoms with Crippen LogP contribution in [-0.2, 0) is 4.79 Å². The van der Waals surface area contributed by atoms with Crippen LogP contribution >= 0.6 is 35.0 Å². The van der Waals surface area contributed by atoms with Gasteiger partial charge >= 0.3 is 0 Å². The number of hydrogen-bond acceptors (Lipinski definition) is 4. The molecule has 1 aromatic heterocycles. The number of amides is 1. The van der Waals surface area contributed by atoms with E-state index in [9.17, 15) is 10.1 Å². The molecule has 4 nitrogen and oxygen atoms in total. The highest BCUT2D eigenvalue weighted by molar-refractivity contribution is 7.99. The highest BCUT2D eigenvalue weighted by Gasteiger charge is 2.10.